The molecule has 1 atom stereocenters. The Balaban J connectivity index is 1.52. The summed E-state index contributed by atoms with van der Waals surface area (Å²) in [6.45, 7) is 2.32. The second kappa shape index (κ2) is 11.4. The maximum atomic E-state index is 13.6. The Hall–Kier alpha value is -3.58. The van der Waals surface area contributed by atoms with Crippen LogP contribution in [0.2, 0.25) is 0 Å². The molecule has 1 aliphatic heterocycles. The summed E-state index contributed by atoms with van der Waals surface area (Å²) in [5.41, 5.74) is 3.10. The van der Waals surface area contributed by atoms with Crippen LogP contribution in [0, 0.1) is 0 Å². The number of thioether (sulfide) groups is 1. The van der Waals surface area contributed by atoms with Crippen LogP contribution in [0.15, 0.2) is 90.1 Å². The number of rotatable bonds is 9. The fraction of sp³-hybridized carbons (Fsp3) is 0.276. The number of nitrogens with zero attached hydrogens (tertiary/aromatic N) is 4. The standard InChI is InChI=1S/C29H30N4O2S/c1-35-25-17-9-8-16-24(25)27-30-31-29(33(27)21-18-22-12-4-2-5-13-22)36-26(23-14-6-3-7-15-23)28(34)32-19-10-11-20-32/h2-9,12-17,26H,10-11,18-21H2,1H3/t26-/m0/s1. The summed E-state index contributed by atoms with van der Waals surface area (Å²) in [5, 5.41) is 9.55. The lowest BCUT2D eigenvalue weighted by Crippen LogP contribution is -2.31. The highest BCUT2D eigenvalue weighted by atomic mass is 32.2. The van der Waals surface area contributed by atoms with Gasteiger partial charge in [-0.3, -0.25) is 4.79 Å². The number of para-hydroxylation sites is 1. The minimum absolute atomic E-state index is 0.139. The van der Waals surface area contributed by atoms with Gasteiger partial charge in [0.25, 0.3) is 0 Å². The molecule has 6 nitrogen and oxygen atoms in total. The van der Waals surface area contributed by atoms with Gasteiger partial charge in [0.05, 0.1) is 12.7 Å². The third kappa shape index (κ3) is 5.31. The Morgan fingerprint density at radius 2 is 1.58 bits per heavy atom. The summed E-state index contributed by atoms with van der Waals surface area (Å²) in [6.07, 6.45) is 2.94. The van der Waals surface area contributed by atoms with Crippen molar-refractivity contribution in [2.24, 2.45) is 0 Å². The van der Waals surface area contributed by atoms with E-state index >= 15 is 0 Å². The summed E-state index contributed by atoms with van der Waals surface area (Å²) >= 11 is 1.48. The zero-order chi connectivity index (χ0) is 24.7. The van der Waals surface area contributed by atoms with E-state index in [1.54, 1.807) is 7.11 Å². The van der Waals surface area contributed by atoms with Gasteiger partial charge in [0.1, 0.15) is 11.0 Å². The van der Waals surface area contributed by atoms with Crippen LogP contribution in [0.4, 0.5) is 0 Å². The molecule has 0 saturated carbocycles. The molecule has 1 aromatic heterocycles. The lowest BCUT2D eigenvalue weighted by atomic mass is 10.1. The van der Waals surface area contributed by atoms with Gasteiger partial charge in [0.15, 0.2) is 11.0 Å². The van der Waals surface area contributed by atoms with Gasteiger partial charge in [0.2, 0.25) is 5.91 Å². The van der Waals surface area contributed by atoms with Crippen molar-refractivity contribution in [2.45, 2.75) is 36.2 Å². The van der Waals surface area contributed by atoms with Gasteiger partial charge < -0.3 is 14.2 Å². The average molecular weight is 499 g/mol. The van der Waals surface area contributed by atoms with Gasteiger partial charge in [-0.1, -0.05) is 84.6 Å². The first kappa shape index (κ1) is 24.1. The first-order chi connectivity index (χ1) is 17.7. The fourth-order valence-corrected chi connectivity index (χ4v) is 5.74. The number of aryl methyl sites for hydroxylation is 1. The molecule has 2 heterocycles. The van der Waals surface area contributed by atoms with Crippen LogP contribution in [-0.4, -0.2) is 45.8 Å². The van der Waals surface area contributed by atoms with E-state index in [9.17, 15) is 4.79 Å². The van der Waals surface area contributed by atoms with Crippen LogP contribution in [0.25, 0.3) is 11.4 Å². The third-order valence-corrected chi connectivity index (χ3v) is 7.72. The molecule has 7 heteroatoms. The van der Waals surface area contributed by atoms with Crippen molar-refractivity contribution in [2.75, 3.05) is 20.2 Å². The molecule has 0 unspecified atom stereocenters. The number of ether oxygens (including phenoxy) is 1. The molecule has 0 N–H and O–H groups in total. The van der Waals surface area contributed by atoms with Crippen molar-refractivity contribution < 1.29 is 9.53 Å². The topological polar surface area (TPSA) is 60.3 Å². The Morgan fingerprint density at radius 3 is 2.31 bits per heavy atom. The molecular weight excluding hydrogens is 468 g/mol. The summed E-state index contributed by atoms with van der Waals surface area (Å²) in [4.78, 5) is 15.6. The molecule has 1 aliphatic rings. The van der Waals surface area contributed by atoms with Crippen molar-refractivity contribution in [3.05, 3.63) is 96.1 Å². The van der Waals surface area contributed by atoms with Crippen LogP contribution in [0.3, 0.4) is 0 Å². The highest BCUT2D eigenvalue weighted by Gasteiger charge is 2.31. The average Bonchev–Trinajstić information content (AvgIpc) is 3.62. The third-order valence-electron chi connectivity index (χ3n) is 6.50. The minimum atomic E-state index is -0.380. The van der Waals surface area contributed by atoms with Gasteiger partial charge >= 0.3 is 0 Å². The largest absolute Gasteiger partial charge is 0.496 e. The number of hydrogen-bond donors (Lipinski definition) is 0. The van der Waals surface area contributed by atoms with Crippen LogP contribution in [-0.2, 0) is 17.8 Å². The van der Waals surface area contributed by atoms with E-state index in [2.05, 4.69) is 39.0 Å². The quantitative estimate of drug-likeness (QED) is 0.279. The first-order valence-corrected chi connectivity index (χ1v) is 13.2. The molecule has 3 aromatic carbocycles. The SMILES string of the molecule is COc1ccccc1-c1nnc(S[C@H](C(=O)N2CCCC2)c2ccccc2)n1CCc1ccccc1. The van der Waals surface area contributed by atoms with E-state index in [4.69, 9.17) is 4.74 Å². The molecule has 1 fully saturated rings. The normalized spacial score (nSPS) is 14.1. The Labute approximate surface area is 216 Å². The van der Waals surface area contributed by atoms with Gasteiger partial charge in [-0.25, -0.2) is 0 Å². The number of benzene rings is 3. The molecule has 0 spiro atoms. The number of amides is 1. The monoisotopic (exact) mass is 498 g/mol. The van der Waals surface area contributed by atoms with Gasteiger partial charge in [-0.2, -0.15) is 0 Å². The van der Waals surface area contributed by atoms with Gasteiger partial charge in [-0.05, 0) is 42.5 Å². The molecule has 184 valence electrons. The van der Waals surface area contributed by atoms with Crippen molar-refractivity contribution in [3.63, 3.8) is 0 Å². The van der Waals surface area contributed by atoms with Crippen LogP contribution in [0.1, 0.15) is 29.2 Å². The number of aromatic nitrogens is 3. The summed E-state index contributed by atoms with van der Waals surface area (Å²) in [7, 11) is 1.67. The van der Waals surface area contributed by atoms with Crippen molar-refractivity contribution >= 4 is 17.7 Å². The maximum Gasteiger partial charge on any atom is 0.240 e. The Kier molecular flexibility index (Phi) is 7.67. The number of methoxy groups -OCH3 is 1. The molecule has 36 heavy (non-hydrogen) atoms. The number of carbonyl (C=O) groups is 1. The van der Waals surface area contributed by atoms with E-state index in [0.29, 0.717) is 6.54 Å². The van der Waals surface area contributed by atoms with E-state index in [-0.39, 0.29) is 11.2 Å². The lowest BCUT2D eigenvalue weighted by molar-refractivity contribution is -0.129. The number of carbonyl (C=O) groups excluding carboxylic acids is 1. The molecule has 1 saturated heterocycles. The summed E-state index contributed by atoms with van der Waals surface area (Å²) in [6, 6.07) is 28.3. The predicted molar refractivity (Wildman–Crippen MR) is 143 cm³/mol. The molecule has 4 aromatic rings. The van der Waals surface area contributed by atoms with Crippen molar-refractivity contribution in [3.8, 4) is 17.1 Å². The highest BCUT2D eigenvalue weighted by molar-refractivity contribution is 8.00. The van der Waals surface area contributed by atoms with Crippen LogP contribution in [0.5, 0.6) is 5.75 Å². The minimum Gasteiger partial charge on any atom is -0.496 e. The van der Waals surface area contributed by atoms with E-state index in [1.165, 1.54) is 17.3 Å². The van der Waals surface area contributed by atoms with Crippen LogP contribution >= 0.6 is 11.8 Å². The molecule has 0 aliphatic carbocycles. The molecule has 0 bridgehead atoms. The molecule has 5 rings (SSSR count). The zero-order valence-corrected chi connectivity index (χ0v) is 21.2. The second-order valence-corrected chi connectivity index (χ2v) is 9.91. The van der Waals surface area contributed by atoms with E-state index in [1.807, 2.05) is 65.6 Å². The van der Waals surface area contributed by atoms with Gasteiger partial charge in [-0.15, -0.1) is 10.2 Å². The predicted octanol–water partition coefficient (Wildman–Crippen LogP) is 5.65. The van der Waals surface area contributed by atoms with E-state index in [0.717, 1.165) is 60.2 Å². The van der Waals surface area contributed by atoms with Crippen LogP contribution < -0.4 is 4.74 Å². The summed E-state index contributed by atoms with van der Waals surface area (Å²) in [5.74, 6) is 1.63. The number of hydrogen-bond acceptors (Lipinski definition) is 5. The smallest absolute Gasteiger partial charge is 0.240 e. The fourth-order valence-electron chi connectivity index (χ4n) is 4.59. The molecule has 1 amide bonds. The Morgan fingerprint density at radius 1 is 0.917 bits per heavy atom. The Bertz CT molecular complexity index is 1290. The molecule has 0 radical (unpaired) electrons. The zero-order valence-electron chi connectivity index (χ0n) is 20.4. The maximum absolute atomic E-state index is 13.6. The number of likely N-dealkylation sites (tertiary alicyclic amines) is 1. The van der Waals surface area contributed by atoms with Crippen molar-refractivity contribution in [1.82, 2.24) is 19.7 Å². The van der Waals surface area contributed by atoms with Crippen molar-refractivity contribution in [1.29, 1.82) is 0 Å². The van der Waals surface area contributed by atoms with E-state index < -0.39 is 0 Å². The first-order valence-electron chi connectivity index (χ1n) is 12.4. The summed E-state index contributed by atoms with van der Waals surface area (Å²) < 4.78 is 7.76. The highest BCUT2D eigenvalue weighted by Crippen LogP contribution is 2.39. The lowest BCUT2D eigenvalue weighted by Gasteiger charge is -2.23. The van der Waals surface area contributed by atoms with Gasteiger partial charge in [0, 0.05) is 19.6 Å². The molecular formula is C29H30N4O2S. The second-order valence-electron chi connectivity index (χ2n) is 8.83.